The van der Waals surface area contributed by atoms with Gasteiger partial charge in [0.25, 0.3) is 0 Å². The summed E-state index contributed by atoms with van der Waals surface area (Å²) in [4.78, 5) is 0. The minimum atomic E-state index is -1.17. The van der Waals surface area contributed by atoms with Crippen molar-refractivity contribution in [1.82, 2.24) is 0 Å². The van der Waals surface area contributed by atoms with Crippen LogP contribution >= 0.6 is 0 Å². The fraction of sp³-hybridized carbons (Fsp3) is 0.667. The van der Waals surface area contributed by atoms with Crippen LogP contribution in [0.25, 0.3) is 0 Å². The van der Waals surface area contributed by atoms with E-state index in [1.165, 1.54) is 0 Å². The summed E-state index contributed by atoms with van der Waals surface area (Å²) in [5.41, 5.74) is 0. The number of aliphatic hydroxyl groups is 2. The van der Waals surface area contributed by atoms with Gasteiger partial charge in [-0.25, -0.2) is 4.39 Å². The number of hydrogen-bond donors (Lipinski definition) is 2. The average molecular weight is 148 g/mol. The van der Waals surface area contributed by atoms with Crippen LogP contribution in [0.3, 0.4) is 0 Å². The highest BCUT2D eigenvalue weighted by atomic mass is 19.1. The Morgan fingerprint density at radius 3 is 2.60 bits per heavy atom. The van der Waals surface area contributed by atoms with Crippen molar-refractivity contribution in [3.63, 3.8) is 0 Å². The van der Waals surface area contributed by atoms with Crippen LogP contribution in [0.2, 0.25) is 0 Å². The maximum absolute atomic E-state index is 11.5. The molecule has 3 atom stereocenters. The molecule has 4 heteroatoms. The van der Waals surface area contributed by atoms with E-state index in [0.29, 0.717) is 6.33 Å². The van der Waals surface area contributed by atoms with Crippen LogP contribution in [0.1, 0.15) is 6.42 Å². The fourth-order valence-electron chi connectivity index (χ4n) is 0.885. The Labute approximate surface area is 57.7 Å². The van der Waals surface area contributed by atoms with Crippen molar-refractivity contribution in [3.05, 3.63) is 12.4 Å². The Balaban J connectivity index is 2.41. The van der Waals surface area contributed by atoms with E-state index in [1.54, 1.807) is 0 Å². The van der Waals surface area contributed by atoms with Gasteiger partial charge in [-0.15, -0.1) is 0 Å². The van der Waals surface area contributed by atoms with Crippen LogP contribution < -0.4 is 0 Å². The predicted octanol–water partition coefficient (Wildman–Crippen LogP) is -0.0622. The Kier molecular flexibility index (Phi) is 2.37. The molecule has 0 amide bonds. The second kappa shape index (κ2) is 3.09. The van der Waals surface area contributed by atoms with E-state index in [0.717, 1.165) is 6.08 Å². The van der Waals surface area contributed by atoms with Crippen molar-refractivity contribution < 1.29 is 19.3 Å². The molecule has 0 spiro atoms. The molecule has 0 bridgehead atoms. The second-order valence-electron chi connectivity index (χ2n) is 2.19. The van der Waals surface area contributed by atoms with Crippen LogP contribution in [0, 0.1) is 0 Å². The van der Waals surface area contributed by atoms with Crippen molar-refractivity contribution >= 4 is 0 Å². The van der Waals surface area contributed by atoms with E-state index in [9.17, 15) is 4.39 Å². The second-order valence-corrected chi connectivity index (χ2v) is 2.19. The highest BCUT2D eigenvalue weighted by Gasteiger charge is 2.30. The number of rotatable bonds is 1. The van der Waals surface area contributed by atoms with Gasteiger partial charge in [0.2, 0.25) is 0 Å². The van der Waals surface area contributed by atoms with E-state index in [4.69, 9.17) is 14.9 Å². The molecule has 0 aromatic carbocycles. The molecule has 10 heavy (non-hydrogen) atoms. The number of ether oxygens (including phenoxy) is 1. The quantitative estimate of drug-likeness (QED) is 0.547. The summed E-state index contributed by atoms with van der Waals surface area (Å²) in [5, 5.41) is 17.6. The molecule has 0 radical (unpaired) electrons. The minimum Gasteiger partial charge on any atom is -0.388 e. The molecule has 1 rings (SSSR count). The largest absolute Gasteiger partial charge is 0.388 e. The van der Waals surface area contributed by atoms with Gasteiger partial charge in [-0.2, -0.15) is 0 Å². The third kappa shape index (κ3) is 1.53. The van der Waals surface area contributed by atoms with Crippen LogP contribution in [0.4, 0.5) is 4.39 Å². The first-order valence-electron chi connectivity index (χ1n) is 3.02. The van der Waals surface area contributed by atoms with Gasteiger partial charge in [0.1, 0.15) is 6.10 Å². The molecule has 0 aromatic heterocycles. The summed E-state index contributed by atoms with van der Waals surface area (Å²) >= 11 is 0. The van der Waals surface area contributed by atoms with Gasteiger partial charge < -0.3 is 14.9 Å². The standard InChI is InChI=1S/C6H9FO3/c7-2-1-4-3-5(8)6(9)10-4/h1-2,4-6,8-9H,3H2/b2-1+/t4-,5-,6+/m1/s1. The summed E-state index contributed by atoms with van der Waals surface area (Å²) in [6.45, 7) is 0. The van der Waals surface area contributed by atoms with Crippen molar-refractivity contribution in [1.29, 1.82) is 0 Å². The topological polar surface area (TPSA) is 49.7 Å². The number of halogens is 1. The first-order valence-corrected chi connectivity index (χ1v) is 3.02. The zero-order valence-corrected chi connectivity index (χ0v) is 5.27. The van der Waals surface area contributed by atoms with Gasteiger partial charge in [0.15, 0.2) is 6.29 Å². The summed E-state index contributed by atoms with van der Waals surface area (Å²) in [5.74, 6) is 0. The first-order chi connectivity index (χ1) is 4.74. The Hall–Kier alpha value is -0.450. The molecule has 3 nitrogen and oxygen atoms in total. The molecule has 0 aromatic rings. The minimum absolute atomic E-state index is 0.252. The summed E-state index contributed by atoms with van der Waals surface area (Å²) in [6.07, 6.45) is -0.798. The molecule has 1 aliphatic heterocycles. The zero-order valence-electron chi connectivity index (χ0n) is 5.27. The lowest BCUT2D eigenvalue weighted by Crippen LogP contribution is -2.19. The van der Waals surface area contributed by atoms with Crippen molar-refractivity contribution in [2.75, 3.05) is 0 Å². The summed E-state index contributed by atoms with van der Waals surface area (Å²) in [6, 6.07) is 0. The van der Waals surface area contributed by atoms with Crippen molar-refractivity contribution in [3.8, 4) is 0 Å². The predicted molar refractivity (Wildman–Crippen MR) is 31.8 cm³/mol. The highest BCUT2D eigenvalue weighted by Crippen LogP contribution is 2.19. The lowest BCUT2D eigenvalue weighted by atomic mass is 10.2. The third-order valence-corrected chi connectivity index (χ3v) is 1.40. The molecular formula is C6H9FO3. The van der Waals surface area contributed by atoms with Gasteiger partial charge >= 0.3 is 0 Å². The molecule has 0 aliphatic carbocycles. The van der Waals surface area contributed by atoms with E-state index in [2.05, 4.69) is 0 Å². The van der Waals surface area contributed by atoms with Crippen LogP contribution in [0.5, 0.6) is 0 Å². The summed E-state index contributed by atoms with van der Waals surface area (Å²) < 4.78 is 16.2. The van der Waals surface area contributed by atoms with Gasteiger partial charge in [0.05, 0.1) is 12.4 Å². The van der Waals surface area contributed by atoms with Crippen LogP contribution in [-0.4, -0.2) is 28.7 Å². The van der Waals surface area contributed by atoms with Gasteiger partial charge in [-0.3, -0.25) is 0 Å². The Morgan fingerprint density at radius 1 is 1.50 bits per heavy atom. The molecule has 1 heterocycles. The zero-order chi connectivity index (χ0) is 7.56. The molecule has 1 saturated heterocycles. The average Bonchev–Trinajstić information content (AvgIpc) is 2.14. The van der Waals surface area contributed by atoms with Crippen molar-refractivity contribution in [2.45, 2.75) is 24.9 Å². The van der Waals surface area contributed by atoms with E-state index in [1.807, 2.05) is 0 Å². The maximum atomic E-state index is 11.5. The lowest BCUT2D eigenvalue weighted by Gasteiger charge is -2.03. The van der Waals surface area contributed by atoms with Gasteiger partial charge in [0, 0.05) is 6.42 Å². The molecule has 1 fully saturated rings. The molecule has 2 N–H and O–H groups in total. The molecule has 1 aliphatic rings. The van der Waals surface area contributed by atoms with Crippen LogP contribution in [-0.2, 0) is 4.74 Å². The maximum Gasteiger partial charge on any atom is 0.181 e. The molecule has 58 valence electrons. The van der Waals surface area contributed by atoms with E-state index >= 15 is 0 Å². The molecular weight excluding hydrogens is 139 g/mol. The Morgan fingerprint density at radius 2 is 2.20 bits per heavy atom. The molecule has 0 unspecified atom stereocenters. The summed E-state index contributed by atoms with van der Waals surface area (Å²) in [7, 11) is 0. The Bertz CT molecular complexity index is 127. The van der Waals surface area contributed by atoms with Crippen LogP contribution in [0.15, 0.2) is 12.4 Å². The monoisotopic (exact) mass is 148 g/mol. The number of aliphatic hydroxyl groups excluding tert-OH is 2. The fourth-order valence-corrected chi connectivity index (χ4v) is 0.885. The lowest BCUT2D eigenvalue weighted by molar-refractivity contribution is -0.119. The molecule has 0 saturated carbocycles. The van der Waals surface area contributed by atoms with E-state index < -0.39 is 18.5 Å². The van der Waals surface area contributed by atoms with Gasteiger partial charge in [-0.1, -0.05) is 0 Å². The third-order valence-electron chi connectivity index (χ3n) is 1.40. The first kappa shape index (κ1) is 7.65. The van der Waals surface area contributed by atoms with E-state index in [-0.39, 0.29) is 6.42 Å². The van der Waals surface area contributed by atoms with Gasteiger partial charge in [-0.05, 0) is 6.08 Å². The highest BCUT2D eigenvalue weighted by molar-refractivity contribution is 4.90. The number of hydrogen-bond acceptors (Lipinski definition) is 3. The normalized spacial score (nSPS) is 41.3. The SMILES string of the molecule is O[C@@H]1C[C@@H](/C=C/F)O[C@@H]1O. The smallest absolute Gasteiger partial charge is 0.181 e. The van der Waals surface area contributed by atoms with Crippen molar-refractivity contribution in [2.24, 2.45) is 0 Å².